The molecule has 0 rings (SSSR count). The first-order valence-corrected chi connectivity index (χ1v) is 2.29. The van der Waals surface area contributed by atoms with Crippen LogP contribution in [0.25, 0.3) is 0 Å². The number of carboxylic acid groups (broad SMARTS) is 1. The minimum Gasteiger partial charge on any atom is -0.478 e. The molecule has 0 spiro atoms. The van der Waals surface area contributed by atoms with Gasteiger partial charge < -0.3 is 10.8 Å². The molecule has 3 nitrogen and oxygen atoms in total. The summed E-state index contributed by atoms with van der Waals surface area (Å²) in [4.78, 5) is 9.76. The molecule has 0 amide bonds. The Kier molecular flexibility index (Phi) is 2.88. The van der Waals surface area contributed by atoms with E-state index in [0.29, 0.717) is 0 Å². The lowest BCUT2D eigenvalue weighted by molar-refractivity contribution is -0.131. The highest BCUT2D eigenvalue weighted by Gasteiger charge is 1.86. The van der Waals surface area contributed by atoms with Crippen molar-refractivity contribution in [2.45, 2.75) is 13.0 Å². The predicted octanol–water partition coefficient (Wildman–Crippen LogP) is -0.0256. The Hall–Kier alpha value is -0.830. The van der Waals surface area contributed by atoms with Gasteiger partial charge in [0.1, 0.15) is 0 Å². The second-order valence-electron chi connectivity index (χ2n) is 1.56. The predicted molar refractivity (Wildman–Crippen MR) is 30.4 cm³/mol. The van der Waals surface area contributed by atoms with E-state index in [1.54, 1.807) is 6.92 Å². The molecule has 8 heavy (non-hydrogen) atoms. The van der Waals surface area contributed by atoms with Crippen LogP contribution in [0.3, 0.4) is 0 Å². The van der Waals surface area contributed by atoms with E-state index >= 15 is 0 Å². The number of aliphatic carboxylic acids is 1. The van der Waals surface area contributed by atoms with Crippen molar-refractivity contribution in [2.75, 3.05) is 0 Å². The Morgan fingerprint density at radius 3 is 2.50 bits per heavy atom. The highest BCUT2D eigenvalue weighted by atomic mass is 16.4. The number of rotatable bonds is 2. The summed E-state index contributed by atoms with van der Waals surface area (Å²) in [6.45, 7) is 1.71. The van der Waals surface area contributed by atoms with Crippen LogP contribution in [0.15, 0.2) is 12.2 Å². The minimum absolute atomic E-state index is 0.175. The standard InChI is InChI=1S/C5H9NO2/c1-4(6)2-3-5(7)8/h2-4H,6H2,1H3,(H,7,8)/b3-2+/t4-/m1/s1. The van der Waals surface area contributed by atoms with Crippen molar-refractivity contribution in [3.05, 3.63) is 12.2 Å². The molecule has 46 valence electrons. The number of carbonyl (C=O) groups is 1. The molecule has 0 saturated carbocycles. The maximum atomic E-state index is 9.76. The van der Waals surface area contributed by atoms with Gasteiger partial charge in [0.05, 0.1) is 0 Å². The van der Waals surface area contributed by atoms with E-state index in [9.17, 15) is 4.79 Å². The average Bonchev–Trinajstić information content (AvgIpc) is 1.61. The highest BCUT2D eigenvalue weighted by molar-refractivity contribution is 5.79. The minimum atomic E-state index is -0.956. The summed E-state index contributed by atoms with van der Waals surface area (Å²) in [6.07, 6.45) is 2.45. The van der Waals surface area contributed by atoms with Gasteiger partial charge in [0, 0.05) is 12.1 Å². The van der Waals surface area contributed by atoms with Crippen molar-refractivity contribution in [3.63, 3.8) is 0 Å². The quantitative estimate of drug-likeness (QED) is 0.497. The van der Waals surface area contributed by atoms with Crippen LogP contribution in [0.1, 0.15) is 6.92 Å². The molecular formula is C5H9NO2. The SMILES string of the molecule is C[C@@H](N)/C=C/C(=O)O. The Labute approximate surface area is 47.8 Å². The van der Waals surface area contributed by atoms with Crippen molar-refractivity contribution in [2.24, 2.45) is 5.73 Å². The van der Waals surface area contributed by atoms with Gasteiger partial charge >= 0.3 is 5.97 Å². The fourth-order valence-electron chi connectivity index (χ4n) is 0.234. The van der Waals surface area contributed by atoms with Gasteiger partial charge in [0.25, 0.3) is 0 Å². The number of hydrogen-bond acceptors (Lipinski definition) is 2. The molecule has 0 aromatic rings. The Balaban J connectivity index is 3.50. The van der Waals surface area contributed by atoms with E-state index < -0.39 is 5.97 Å². The van der Waals surface area contributed by atoms with E-state index in [4.69, 9.17) is 10.8 Å². The van der Waals surface area contributed by atoms with Gasteiger partial charge in [-0.25, -0.2) is 4.79 Å². The Bertz CT molecular complexity index is 107. The van der Waals surface area contributed by atoms with E-state index in [1.807, 2.05) is 0 Å². The van der Waals surface area contributed by atoms with E-state index in [-0.39, 0.29) is 6.04 Å². The van der Waals surface area contributed by atoms with Crippen molar-refractivity contribution in [1.29, 1.82) is 0 Å². The lowest BCUT2D eigenvalue weighted by atomic mass is 10.3. The fourth-order valence-corrected chi connectivity index (χ4v) is 0.234. The normalized spacial score (nSPS) is 14.2. The lowest BCUT2D eigenvalue weighted by Crippen LogP contribution is -2.10. The molecule has 0 heterocycles. The van der Waals surface area contributed by atoms with Crippen LogP contribution in [0, 0.1) is 0 Å². The zero-order valence-corrected chi connectivity index (χ0v) is 4.66. The van der Waals surface area contributed by atoms with E-state index in [1.165, 1.54) is 6.08 Å². The summed E-state index contributed by atoms with van der Waals surface area (Å²) in [6, 6.07) is -0.175. The van der Waals surface area contributed by atoms with Crippen LogP contribution in [0.2, 0.25) is 0 Å². The number of nitrogens with two attached hydrogens (primary N) is 1. The molecule has 0 aliphatic carbocycles. The molecule has 3 N–H and O–H groups in total. The molecule has 3 heteroatoms. The number of hydrogen-bond donors (Lipinski definition) is 2. The molecule has 0 saturated heterocycles. The fraction of sp³-hybridized carbons (Fsp3) is 0.400. The molecule has 0 radical (unpaired) electrons. The average molecular weight is 115 g/mol. The summed E-state index contributed by atoms with van der Waals surface area (Å²) in [7, 11) is 0. The zero-order valence-electron chi connectivity index (χ0n) is 4.66. The van der Waals surface area contributed by atoms with Crippen molar-refractivity contribution in [3.8, 4) is 0 Å². The summed E-state index contributed by atoms with van der Waals surface area (Å²) in [5.74, 6) is -0.956. The monoisotopic (exact) mass is 115 g/mol. The second-order valence-corrected chi connectivity index (χ2v) is 1.56. The van der Waals surface area contributed by atoms with Crippen LogP contribution in [-0.2, 0) is 4.79 Å². The Morgan fingerprint density at radius 2 is 2.38 bits per heavy atom. The van der Waals surface area contributed by atoms with Gasteiger partial charge in [-0.15, -0.1) is 0 Å². The highest BCUT2D eigenvalue weighted by Crippen LogP contribution is 1.77. The number of carboxylic acids is 1. The van der Waals surface area contributed by atoms with Gasteiger partial charge in [-0.1, -0.05) is 6.08 Å². The maximum Gasteiger partial charge on any atom is 0.328 e. The topological polar surface area (TPSA) is 63.3 Å². The summed E-state index contributed by atoms with van der Waals surface area (Å²) in [5.41, 5.74) is 5.19. The van der Waals surface area contributed by atoms with Crippen LogP contribution in [-0.4, -0.2) is 17.1 Å². The first kappa shape index (κ1) is 7.17. The zero-order chi connectivity index (χ0) is 6.57. The third-order valence-corrected chi connectivity index (χ3v) is 0.542. The van der Waals surface area contributed by atoms with Crippen molar-refractivity contribution < 1.29 is 9.90 Å². The van der Waals surface area contributed by atoms with Gasteiger partial charge in [-0.3, -0.25) is 0 Å². The molecule has 1 atom stereocenters. The molecule has 0 aliphatic heterocycles. The van der Waals surface area contributed by atoms with Crippen molar-refractivity contribution >= 4 is 5.97 Å². The molecule has 0 aromatic heterocycles. The Morgan fingerprint density at radius 1 is 1.88 bits per heavy atom. The third kappa shape index (κ3) is 5.17. The first-order chi connectivity index (χ1) is 3.63. The maximum absolute atomic E-state index is 9.76. The molecular weight excluding hydrogens is 106 g/mol. The molecule has 0 unspecified atom stereocenters. The second kappa shape index (κ2) is 3.21. The van der Waals surface area contributed by atoms with Crippen LogP contribution < -0.4 is 5.73 Å². The summed E-state index contributed by atoms with van der Waals surface area (Å²) in [5, 5.41) is 8.02. The van der Waals surface area contributed by atoms with E-state index in [0.717, 1.165) is 6.08 Å². The lowest BCUT2D eigenvalue weighted by Gasteiger charge is -1.89. The summed E-state index contributed by atoms with van der Waals surface area (Å²) < 4.78 is 0. The van der Waals surface area contributed by atoms with Gasteiger partial charge in [0.2, 0.25) is 0 Å². The van der Waals surface area contributed by atoms with Gasteiger partial charge in [0.15, 0.2) is 0 Å². The van der Waals surface area contributed by atoms with Gasteiger partial charge in [-0.05, 0) is 6.92 Å². The third-order valence-electron chi connectivity index (χ3n) is 0.542. The smallest absolute Gasteiger partial charge is 0.328 e. The van der Waals surface area contributed by atoms with Crippen molar-refractivity contribution in [1.82, 2.24) is 0 Å². The van der Waals surface area contributed by atoms with Crippen LogP contribution in [0.4, 0.5) is 0 Å². The van der Waals surface area contributed by atoms with E-state index in [2.05, 4.69) is 0 Å². The molecule has 0 fully saturated rings. The van der Waals surface area contributed by atoms with Gasteiger partial charge in [-0.2, -0.15) is 0 Å². The summed E-state index contributed by atoms with van der Waals surface area (Å²) >= 11 is 0. The first-order valence-electron chi connectivity index (χ1n) is 2.29. The molecule has 0 aliphatic rings. The van der Waals surface area contributed by atoms with Crippen LogP contribution >= 0.6 is 0 Å². The molecule has 0 bridgehead atoms. The largest absolute Gasteiger partial charge is 0.478 e. The molecule has 0 aromatic carbocycles. The van der Waals surface area contributed by atoms with Crippen LogP contribution in [0.5, 0.6) is 0 Å².